The van der Waals surface area contributed by atoms with Gasteiger partial charge >= 0.3 is 0 Å². The average Bonchev–Trinajstić information content (AvgIpc) is 2.81. The molecule has 7 nitrogen and oxygen atoms in total. The highest BCUT2D eigenvalue weighted by Gasteiger charge is 2.45. The van der Waals surface area contributed by atoms with Gasteiger partial charge in [-0.25, -0.2) is 0 Å². The van der Waals surface area contributed by atoms with Gasteiger partial charge in [0, 0.05) is 24.9 Å². The summed E-state index contributed by atoms with van der Waals surface area (Å²) in [5.41, 5.74) is 6.27. The Bertz CT molecular complexity index is 825. The number of carbonyl (C=O) groups excluding carboxylic acids is 4. The van der Waals surface area contributed by atoms with Crippen LogP contribution in [0.1, 0.15) is 45.5 Å². The van der Waals surface area contributed by atoms with E-state index in [0.717, 1.165) is 4.90 Å². The Morgan fingerprint density at radius 2 is 1.96 bits per heavy atom. The van der Waals surface area contributed by atoms with Crippen LogP contribution in [-0.2, 0) is 9.59 Å². The Morgan fingerprint density at radius 1 is 1.20 bits per heavy atom. The van der Waals surface area contributed by atoms with Crippen molar-refractivity contribution < 1.29 is 19.2 Å². The number of nitrogens with zero attached hydrogens (tertiary/aromatic N) is 1. The zero-order valence-electron chi connectivity index (χ0n) is 13.2. The number of rotatable bonds is 2. The number of benzene rings is 1. The van der Waals surface area contributed by atoms with Gasteiger partial charge in [0.05, 0.1) is 11.1 Å². The molecule has 4 amide bonds. The van der Waals surface area contributed by atoms with Crippen molar-refractivity contribution in [1.82, 2.24) is 10.2 Å². The maximum absolute atomic E-state index is 12.7. The van der Waals surface area contributed by atoms with Crippen molar-refractivity contribution in [1.29, 1.82) is 0 Å². The van der Waals surface area contributed by atoms with Crippen LogP contribution in [0, 0.1) is 11.8 Å². The Labute approximate surface area is 150 Å². The lowest BCUT2D eigenvalue weighted by atomic mass is 10.0. The number of halogens is 1. The zero-order valence-corrected chi connectivity index (χ0v) is 14.0. The van der Waals surface area contributed by atoms with E-state index in [9.17, 15) is 19.2 Å². The summed E-state index contributed by atoms with van der Waals surface area (Å²) in [6.07, 6.45) is 0.694. The van der Waals surface area contributed by atoms with Crippen molar-refractivity contribution in [3.05, 3.63) is 34.9 Å². The quantitative estimate of drug-likeness (QED) is 0.578. The van der Waals surface area contributed by atoms with Crippen molar-refractivity contribution in [2.24, 2.45) is 5.73 Å². The highest BCUT2D eigenvalue weighted by Crippen LogP contribution is 2.29. The molecule has 3 rings (SSSR count). The van der Waals surface area contributed by atoms with Gasteiger partial charge in [0.15, 0.2) is 0 Å². The number of nitrogens with one attached hydrogen (secondary N) is 1. The van der Waals surface area contributed by atoms with Crippen LogP contribution in [0.25, 0.3) is 0 Å². The first-order chi connectivity index (χ1) is 11.5. The first-order valence-electron chi connectivity index (χ1n) is 7.58. The summed E-state index contributed by atoms with van der Waals surface area (Å²) in [6, 6.07) is 3.86. The van der Waals surface area contributed by atoms with E-state index >= 15 is 0 Å². The number of fused-ring (bicyclic) bond motifs is 1. The Kier molecular flexibility index (Phi) is 5.57. The fourth-order valence-corrected chi connectivity index (χ4v) is 2.85. The lowest BCUT2D eigenvalue weighted by molar-refractivity contribution is -0.136. The summed E-state index contributed by atoms with van der Waals surface area (Å²) in [6.45, 7) is 0.400. The third kappa shape index (κ3) is 3.27. The van der Waals surface area contributed by atoms with E-state index in [1.165, 1.54) is 6.07 Å². The standard InChI is InChI=1S/C17H15N3O4.ClH/c18-9-2-1-4-10-5-3-6-11-14(10)17(24)20(16(11)23)12-7-8-13(21)19-15(12)22;/h3,5-6,12H,2,7-9,18H2,(H,19,21,22);1H. The van der Waals surface area contributed by atoms with Crippen LogP contribution in [0.2, 0.25) is 0 Å². The van der Waals surface area contributed by atoms with Crippen LogP contribution < -0.4 is 11.1 Å². The van der Waals surface area contributed by atoms with Gasteiger partial charge in [-0.05, 0) is 18.6 Å². The largest absolute Gasteiger partial charge is 0.330 e. The van der Waals surface area contributed by atoms with Crippen LogP contribution in [0.15, 0.2) is 18.2 Å². The molecule has 130 valence electrons. The second-order valence-electron chi connectivity index (χ2n) is 5.52. The van der Waals surface area contributed by atoms with Gasteiger partial charge in [-0.2, -0.15) is 0 Å². The number of carbonyl (C=O) groups is 4. The van der Waals surface area contributed by atoms with E-state index in [1.807, 2.05) is 0 Å². The van der Waals surface area contributed by atoms with Crippen LogP contribution in [-0.4, -0.2) is 41.1 Å². The summed E-state index contributed by atoms with van der Waals surface area (Å²) in [7, 11) is 0. The van der Waals surface area contributed by atoms with Crippen molar-refractivity contribution in [2.45, 2.75) is 25.3 Å². The number of hydrogen-bond donors (Lipinski definition) is 2. The molecule has 0 aliphatic carbocycles. The molecule has 2 heterocycles. The highest BCUT2D eigenvalue weighted by atomic mass is 35.5. The van der Waals surface area contributed by atoms with Crippen molar-refractivity contribution >= 4 is 36.0 Å². The maximum Gasteiger partial charge on any atom is 0.263 e. The average molecular weight is 362 g/mol. The van der Waals surface area contributed by atoms with Crippen LogP contribution in [0.5, 0.6) is 0 Å². The van der Waals surface area contributed by atoms with E-state index in [2.05, 4.69) is 17.2 Å². The molecule has 1 unspecified atom stereocenters. The van der Waals surface area contributed by atoms with Crippen molar-refractivity contribution in [2.75, 3.05) is 6.54 Å². The fourth-order valence-electron chi connectivity index (χ4n) is 2.85. The molecule has 1 atom stereocenters. The van der Waals surface area contributed by atoms with E-state index in [0.29, 0.717) is 18.5 Å². The van der Waals surface area contributed by atoms with Gasteiger partial charge in [-0.3, -0.25) is 29.4 Å². The Morgan fingerprint density at radius 3 is 2.64 bits per heavy atom. The second kappa shape index (κ2) is 7.47. The second-order valence-corrected chi connectivity index (χ2v) is 5.52. The fraction of sp³-hybridized carbons (Fsp3) is 0.294. The molecule has 2 aliphatic heterocycles. The molecule has 1 aromatic rings. The minimum atomic E-state index is -0.972. The molecule has 1 saturated heterocycles. The SMILES string of the molecule is Cl.NCCC#Cc1cccc2c1C(=O)N(C1CCC(=O)NC1=O)C2=O. The molecule has 0 radical (unpaired) electrons. The number of imide groups is 2. The predicted octanol–water partition coefficient (Wildman–Crippen LogP) is 0.210. The van der Waals surface area contributed by atoms with Gasteiger partial charge in [-0.1, -0.05) is 17.9 Å². The molecule has 0 spiro atoms. The van der Waals surface area contributed by atoms with Crippen molar-refractivity contribution in [3.8, 4) is 11.8 Å². The highest BCUT2D eigenvalue weighted by molar-refractivity contribution is 6.24. The van der Waals surface area contributed by atoms with Gasteiger partial charge in [0.1, 0.15) is 6.04 Å². The molecule has 1 fully saturated rings. The summed E-state index contributed by atoms with van der Waals surface area (Å²) >= 11 is 0. The van der Waals surface area contributed by atoms with E-state index in [-0.39, 0.29) is 36.4 Å². The lowest BCUT2D eigenvalue weighted by Crippen LogP contribution is -2.54. The van der Waals surface area contributed by atoms with E-state index < -0.39 is 29.7 Å². The number of nitrogens with two attached hydrogens (primary N) is 1. The molecule has 2 aliphatic rings. The normalized spacial score (nSPS) is 18.9. The Balaban J connectivity index is 0.00000225. The Hall–Kier alpha value is -2.69. The smallest absolute Gasteiger partial charge is 0.263 e. The third-order valence-electron chi connectivity index (χ3n) is 3.96. The molecule has 0 bridgehead atoms. The van der Waals surface area contributed by atoms with Gasteiger partial charge in [-0.15, -0.1) is 12.4 Å². The van der Waals surface area contributed by atoms with E-state index in [1.54, 1.807) is 12.1 Å². The maximum atomic E-state index is 12.7. The van der Waals surface area contributed by atoms with Gasteiger partial charge in [0.2, 0.25) is 11.8 Å². The van der Waals surface area contributed by atoms with Crippen LogP contribution in [0.4, 0.5) is 0 Å². The minimum absolute atomic E-state index is 0. The number of hydrogen-bond acceptors (Lipinski definition) is 5. The van der Waals surface area contributed by atoms with Gasteiger partial charge in [0.25, 0.3) is 11.8 Å². The minimum Gasteiger partial charge on any atom is -0.330 e. The number of amides is 4. The van der Waals surface area contributed by atoms with Crippen LogP contribution in [0.3, 0.4) is 0 Å². The number of piperidine rings is 1. The van der Waals surface area contributed by atoms with Gasteiger partial charge < -0.3 is 5.73 Å². The summed E-state index contributed by atoms with van der Waals surface area (Å²) in [4.78, 5) is 49.5. The summed E-state index contributed by atoms with van der Waals surface area (Å²) in [5, 5.41) is 2.16. The molecule has 25 heavy (non-hydrogen) atoms. The molecule has 0 saturated carbocycles. The molecule has 8 heteroatoms. The van der Waals surface area contributed by atoms with Crippen LogP contribution >= 0.6 is 12.4 Å². The zero-order chi connectivity index (χ0) is 17.3. The lowest BCUT2D eigenvalue weighted by Gasteiger charge is -2.27. The molecule has 3 N–H and O–H groups in total. The summed E-state index contributed by atoms with van der Waals surface area (Å²) in [5.74, 6) is 3.58. The first-order valence-corrected chi connectivity index (χ1v) is 7.58. The molecule has 0 aromatic heterocycles. The monoisotopic (exact) mass is 361 g/mol. The molecular weight excluding hydrogens is 346 g/mol. The topological polar surface area (TPSA) is 110 Å². The summed E-state index contributed by atoms with van der Waals surface area (Å²) < 4.78 is 0. The first kappa shape index (κ1) is 18.6. The molecule has 1 aromatic carbocycles. The third-order valence-corrected chi connectivity index (χ3v) is 3.96. The molecular formula is C17H16ClN3O4. The van der Waals surface area contributed by atoms with Crippen molar-refractivity contribution in [3.63, 3.8) is 0 Å². The van der Waals surface area contributed by atoms with E-state index in [4.69, 9.17) is 5.73 Å². The predicted molar refractivity (Wildman–Crippen MR) is 90.9 cm³/mol.